The second-order valence-electron chi connectivity index (χ2n) is 6.31. The van der Waals surface area contributed by atoms with Crippen molar-refractivity contribution in [1.82, 2.24) is 15.5 Å². The molecule has 29 heavy (non-hydrogen) atoms. The van der Waals surface area contributed by atoms with Crippen molar-refractivity contribution >= 4 is 29.0 Å². The Labute approximate surface area is 171 Å². The summed E-state index contributed by atoms with van der Waals surface area (Å²) < 4.78 is 5.49. The predicted molar refractivity (Wildman–Crippen MR) is 110 cm³/mol. The molecular formula is C19H19N5O4S. The zero-order chi connectivity index (χ0) is 20.8. The Bertz CT molecular complexity index is 1000. The maximum Gasteiger partial charge on any atom is 0.277 e. The molecule has 1 aromatic heterocycles. The summed E-state index contributed by atoms with van der Waals surface area (Å²) in [5.74, 6) is 0.117. The Hall–Kier alpha value is -3.40. The SMILES string of the molecule is CN(C)c1ccc(CNC(=O)CSc2nnc(-c3cccc([N+](=O)[O-])c3)o2)cc1. The van der Waals surface area contributed by atoms with Crippen LogP contribution in [0.3, 0.4) is 0 Å². The summed E-state index contributed by atoms with van der Waals surface area (Å²) in [6, 6.07) is 13.8. The van der Waals surface area contributed by atoms with Gasteiger partial charge in [-0.3, -0.25) is 14.9 Å². The number of carbonyl (C=O) groups is 1. The molecule has 1 heterocycles. The predicted octanol–water partition coefficient (Wildman–Crippen LogP) is 3.12. The largest absolute Gasteiger partial charge is 0.411 e. The third kappa shape index (κ3) is 5.55. The first kappa shape index (κ1) is 20.3. The van der Waals surface area contributed by atoms with E-state index in [0.29, 0.717) is 12.1 Å². The summed E-state index contributed by atoms with van der Waals surface area (Å²) in [7, 11) is 3.94. The van der Waals surface area contributed by atoms with Gasteiger partial charge in [0.1, 0.15) is 0 Å². The lowest BCUT2D eigenvalue weighted by Crippen LogP contribution is -2.24. The van der Waals surface area contributed by atoms with Crippen LogP contribution < -0.4 is 10.2 Å². The normalized spacial score (nSPS) is 10.6. The van der Waals surface area contributed by atoms with E-state index in [4.69, 9.17) is 4.42 Å². The first-order valence-electron chi connectivity index (χ1n) is 8.66. The van der Waals surface area contributed by atoms with Gasteiger partial charge in [-0.15, -0.1) is 10.2 Å². The van der Waals surface area contributed by atoms with Crippen LogP contribution >= 0.6 is 11.8 Å². The standard InChI is InChI=1S/C19H19N5O4S/c1-23(2)15-8-6-13(7-9-15)11-20-17(25)12-29-19-22-21-18(28-19)14-4-3-5-16(10-14)24(26)27/h3-10H,11-12H2,1-2H3,(H,20,25). The third-order valence-corrected chi connectivity index (χ3v) is 4.80. The van der Waals surface area contributed by atoms with E-state index in [1.165, 1.54) is 12.1 Å². The number of thioether (sulfide) groups is 1. The van der Waals surface area contributed by atoms with Gasteiger partial charge in [0, 0.05) is 44.0 Å². The molecule has 0 saturated carbocycles. The van der Waals surface area contributed by atoms with E-state index >= 15 is 0 Å². The smallest absolute Gasteiger partial charge is 0.277 e. The number of nitrogens with zero attached hydrogens (tertiary/aromatic N) is 4. The second kappa shape index (κ2) is 9.20. The highest BCUT2D eigenvalue weighted by atomic mass is 32.2. The lowest BCUT2D eigenvalue weighted by Gasteiger charge is -2.12. The number of aromatic nitrogens is 2. The van der Waals surface area contributed by atoms with Crippen molar-refractivity contribution < 1.29 is 14.1 Å². The van der Waals surface area contributed by atoms with Gasteiger partial charge in [-0.1, -0.05) is 30.0 Å². The fraction of sp³-hybridized carbons (Fsp3) is 0.211. The van der Waals surface area contributed by atoms with Crippen molar-refractivity contribution in [3.05, 3.63) is 64.2 Å². The molecule has 0 aliphatic rings. The Balaban J connectivity index is 1.51. The van der Waals surface area contributed by atoms with Gasteiger partial charge in [-0.2, -0.15) is 0 Å². The fourth-order valence-electron chi connectivity index (χ4n) is 2.43. The van der Waals surface area contributed by atoms with Gasteiger partial charge >= 0.3 is 0 Å². The Morgan fingerprint density at radius 1 is 1.21 bits per heavy atom. The van der Waals surface area contributed by atoms with Crippen LogP contribution in [0.25, 0.3) is 11.5 Å². The number of rotatable bonds is 8. The van der Waals surface area contributed by atoms with Crippen LogP contribution in [-0.4, -0.2) is 40.9 Å². The zero-order valence-electron chi connectivity index (χ0n) is 15.9. The summed E-state index contributed by atoms with van der Waals surface area (Å²) in [6.45, 7) is 0.426. The van der Waals surface area contributed by atoms with E-state index in [-0.39, 0.29) is 28.5 Å². The first-order chi connectivity index (χ1) is 13.9. The van der Waals surface area contributed by atoms with Gasteiger partial charge in [0.25, 0.3) is 10.9 Å². The van der Waals surface area contributed by atoms with Crippen LogP contribution in [0.2, 0.25) is 0 Å². The Morgan fingerprint density at radius 3 is 2.66 bits per heavy atom. The zero-order valence-corrected chi connectivity index (χ0v) is 16.7. The molecule has 1 N–H and O–H groups in total. The number of anilines is 1. The van der Waals surface area contributed by atoms with Gasteiger partial charge in [-0.25, -0.2) is 0 Å². The average molecular weight is 413 g/mol. The molecule has 0 fully saturated rings. The summed E-state index contributed by atoms with van der Waals surface area (Å²) in [4.78, 5) is 24.4. The van der Waals surface area contributed by atoms with E-state index in [2.05, 4.69) is 15.5 Å². The molecular weight excluding hydrogens is 394 g/mol. The number of nitro groups is 1. The highest BCUT2D eigenvalue weighted by Crippen LogP contribution is 2.25. The molecule has 3 aromatic rings. The summed E-state index contributed by atoms with van der Waals surface area (Å²) >= 11 is 1.10. The van der Waals surface area contributed by atoms with Gasteiger partial charge in [0.05, 0.1) is 10.7 Å². The van der Waals surface area contributed by atoms with E-state index < -0.39 is 4.92 Å². The average Bonchev–Trinajstić information content (AvgIpc) is 3.20. The van der Waals surface area contributed by atoms with E-state index in [9.17, 15) is 14.9 Å². The maximum absolute atomic E-state index is 12.1. The van der Waals surface area contributed by atoms with Crippen LogP contribution in [0.4, 0.5) is 11.4 Å². The Kier molecular flexibility index (Phi) is 6.45. The maximum atomic E-state index is 12.1. The number of carbonyl (C=O) groups excluding carboxylic acids is 1. The lowest BCUT2D eigenvalue weighted by molar-refractivity contribution is -0.384. The summed E-state index contributed by atoms with van der Waals surface area (Å²) in [6.07, 6.45) is 0. The second-order valence-corrected chi connectivity index (χ2v) is 7.23. The molecule has 0 unspecified atom stereocenters. The van der Waals surface area contributed by atoms with Crippen LogP contribution in [0, 0.1) is 10.1 Å². The van der Waals surface area contributed by atoms with E-state index in [0.717, 1.165) is 23.0 Å². The molecule has 9 nitrogen and oxygen atoms in total. The van der Waals surface area contributed by atoms with E-state index in [1.807, 2.05) is 43.3 Å². The van der Waals surface area contributed by atoms with Crippen molar-refractivity contribution in [2.75, 3.05) is 24.7 Å². The van der Waals surface area contributed by atoms with Crippen molar-refractivity contribution in [2.45, 2.75) is 11.8 Å². The number of hydrogen-bond donors (Lipinski definition) is 1. The van der Waals surface area contributed by atoms with Crippen LogP contribution in [0.1, 0.15) is 5.56 Å². The molecule has 10 heteroatoms. The molecule has 1 amide bonds. The first-order valence-corrected chi connectivity index (χ1v) is 9.65. The third-order valence-electron chi connectivity index (χ3n) is 3.98. The minimum atomic E-state index is -0.492. The van der Waals surface area contributed by atoms with Crippen molar-refractivity contribution in [1.29, 1.82) is 0 Å². The molecule has 0 saturated heterocycles. The van der Waals surface area contributed by atoms with E-state index in [1.54, 1.807) is 12.1 Å². The van der Waals surface area contributed by atoms with Gasteiger partial charge in [0.15, 0.2) is 0 Å². The minimum absolute atomic E-state index is 0.0621. The number of benzene rings is 2. The fourth-order valence-corrected chi connectivity index (χ4v) is 3.02. The lowest BCUT2D eigenvalue weighted by atomic mass is 10.2. The molecule has 0 atom stereocenters. The molecule has 3 rings (SSSR count). The monoisotopic (exact) mass is 413 g/mol. The van der Waals surface area contributed by atoms with Crippen molar-refractivity contribution in [3.8, 4) is 11.5 Å². The number of nitrogens with one attached hydrogen (secondary N) is 1. The highest BCUT2D eigenvalue weighted by Gasteiger charge is 2.14. The molecule has 0 aliphatic carbocycles. The van der Waals surface area contributed by atoms with Crippen molar-refractivity contribution in [3.63, 3.8) is 0 Å². The number of hydrogen-bond acceptors (Lipinski definition) is 8. The van der Waals surface area contributed by atoms with Crippen LogP contribution in [0.5, 0.6) is 0 Å². The number of nitro benzene ring substituents is 1. The molecule has 0 spiro atoms. The summed E-state index contributed by atoms with van der Waals surface area (Å²) in [5, 5.41) is 21.7. The van der Waals surface area contributed by atoms with Gasteiger partial charge in [-0.05, 0) is 23.8 Å². The van der Waals surface area contributed by atoms with Gasteiger partial charge < -0.3 is 14.6 Å². The van der Waals surface area contributed by atoms with Crippen LogP contribution in [0.15, 0.2) is 58.2 Å². The molecule has 0 bridgehead atoms. The van der Waals surface area contributed by atoms with Crippen molar-refractivity contribution in [2.24, 2.45) is 0 Å². The Morgan fingerprint density at radius 2 is 1.97 bits per heavy atom. The number of non-ortho nitro benzene ring substituents is 1. The topological polar surface area (TPSA) is 114 Å². The highest BCUT2D eigenvalue weighted by molar-refractivity contribution is 7.99. The minimum Gasteiger partial charge on any atom is -0.411 e. The molecule has 0 aliphatic heterocycles. The quantitative estimate of drug-likeness (QED) is 0.340. The molecule has 2 aromatic carbocycles. The molecule has 150 valence electrons. The summed E-state index contributed by atoms with van der Waals surface area (Å²) in [5.41, 5.74) is 2.48. The molecule has 0 radical (unpaired) electrons. The van der Waals surface area contributed by atoms with Gasteiger partial charge in [0.2, 0.25) is 11.8 Å². The number of amides is 1. The van der Waals surface area contributed by atoms with Crippen LogP contribution in [-0.2, 0) is 11.3 Å².